The number of benzene rings is 3. The molecule has 0 radical (unpaired) electrons. The monoisotopic (exact) mass is 592 g/mol. The summed E-state index contributed by atoms with van der Waals surface area (Å²) >= 11 is 0. The maximum absolute atomic E-state index is 13.6. The molecule has 4 aromatic rings. The Kier molecular flexibility index (Phi) is 7.98. The molecule has 7 nitrogen and oxygen atoms in total. The van der Waals surface area contributed by atoms with E-state index in [-0.39, 0.29) is 11.6 Å². The summed E-state index contributed by atoms with van der Waals surface area (Å²) in [5.41, 5.74) is 4.98. The number of methoxy groups -OCH3 is 1. The number of likely N-dealkylation sites (tertiary alicyclic amines) is 1. The van der Waals surface area contributed by atoms with Crippen molar-refractivity contribution in [3.63, 3.8) is 0 Å². The first-order valence-corrected chi connectivity index (χ1v) is 16.7. The third kappa shape index (κ3) is 6.03. The van der Waals surface area contributed by atoms with Crippen LogP contribution in [0.4, 0.5) is 4.39 Å². The Hall–Kier alpha value is -3.43. The van der Waals surface area contributed by atoms with Crippen LogP contribution in [-0.4, -0.2) is 50.9 Å². The molecule has 9 heteroatoms. The lowest BCUT2D eigenvalue weighted by Crippen LogP contribution is -2.30. The minimum atomic E-state index is -3.11. The molecule has 2 aliphatic rings. The fraction of sp³-hybridized carbons (Fsp3) is 0.424. The molecule has 6 rings (SSSR count). The fourth-order valence-electron chi connectivity index (χ4n) is 6.97. The molecule has 3 aromatic carbocycles. The zero-order valence-corrected chi connectivity index (χ0v) is 25.1. The predicted molar refractivity (Wildman–Crippen MR) is 161 cm³/mol. The molecular formula is C33H37FN2O5S. The van der Waals surface area contributed by atoms with Gasteiger partial charge in [-0.05, 0) is 97.7 Å². The first-order valence-electron chi connectivity index (χ1n) is 14.6. The summed E-state index contributed by atoms with van der Waals surface area (Å²) in [6.45, 7) is 4.31. The van der Waals surface area contributed by atoms with Crippen molar-refractivity contribution in [2.45, 2.75) is 50.9 Å². The summed E-state index contributed by atoms with van der Waals surface area (Å²) < 4.78 is 55.0. The van der Waals surface area contributed by atoms with Gasteiger partial charge in [-0.2, -0.15) is 0 Å². The number of halogens is 1. The fourth-order valence-corrected chi connectivity index (χ4v) is 7.75. The van der Waals surface area contributed by atoms with Crippen LogP contribution in [0.3, 0.4) is 0 Å². The van der Waals surface area contributed by atoms with Crippen LogP contribution in [0.1, 0.15) is 43.2 Å². The number of sulfone groups is 1. The zero-order valence-electron chi connectivity index (χ0n) is 24.3. The number of aromatic nitrogens is 1. The van der Waals surface area contributed by atoms with Crippen LogP contribution >= 0.6 is 0 Å². The summed E-state index contributed by atoms with van der Waals surface area (Å²) in [6, 6.07) is 16.5. The van der Waals surface area contributed by atoms with Gasteiger partial charge in [-0.1, -0.05) is 18.2 Å². The summed E-state index contributed by atoms with van der Waals surface area (Å²) in [5.74, 6) is 2.99. The second kappa shape index (κ2) is 11.7. The van der Waals surface area contributed by atoms with Crippen LogP contribution in [0.2, 0.25) is 0 Å². The van der Waals surface area contributed by atoms with E-state index in [0.29, 0.717) is 30.1 Å². The Morgan fingerprint density at radius 3 is 2.55 bits per heavy atom. The molecule has 0 amide bonds. The lowest BCUT2D eigenvalue weighted by atomic mass is 9.90. The van der Waals surface area contributed by atoms with Gasteiger partial charge in [-0.3, -0.25) is 4.90 Å². The van der Waals surface area contributed by atoms with E-state index in [9.17, 15) is 12.8 Å². The molecule has 0 N–H and O–H groups in total. The molecule has 0 bridgehead atoms. The number of ether oxygens (including phenoxy) is 2. The van der Waals surface area contributed by atoms with E-state index in [1.54, 1.807) is 25.3 Å². The topological polar surface area (TPSA) is 81.9 Å². The molecule has 1 saturated heterocycles. The standard InChI is InChI=1S/C33H37FN2O5S/c1-4-40-31-17-22(16-30(39-2)33(31)23-6-9-25(34)10-7-23)19-36-14-13-26-24(8-11-28(26)36)18-32-35-27-15-21(20-42(3,37)38)5-12-29(27)41-32/h5-7,9-10,12,15-17,24,26,28H,4,8,11,13-14,18-20H2,1-3H3/t24?,26-,28+/m0/s1. The molecule has 0 spiro atoms. The third-order valence-electron chi connectivity index (χ3n) is 8.68. The number of hydrogen-bond acceptors (Lipinski definition) is 7. The maximum atomic E-state index is 13.6. The third-order valence-corrected chi connectivity index (χ3v) is 9.54. The van der Waals surface area contributed by atoms with Gasteiger partial charge in [0, 0.05) is 25.3 Å². The summed E-state index contributed by atoms with van der Waals surface area (Å²) in [7, 11) is -1.45. The van der Waals surface area contributed by atoms with Gasteiger partial charge in [0.1, 0.15) is 22.8 Å². The number of hydrogen-bond donors (Lipinski definition) is 0. The SMILES string of the molecule is CCOc1cc(CN2CC[C@H]3C(Cc4nc5cc(CS(C)(=O)=O)ccc5o4)CC[C@H]32)cc(OC)c1-c1ccc(F)cc1. The van der Waals surface area contributed by atoms with E-state index in [1.807, 2.05) is 19.1 Å². The first-order chi connectivity index (χ1) is 20.2. The van der Waals surface area contributed by atoms with Crippen molar-refractivity contribution in [2.24, 2.45) is 11.8 Å². The highest BCUT2D eigenvalue weighted by molar-refractivity contribution is 7.89. The second-order valence-corrected chi connectivity index (χ2v) is 13.8. The summed E-state index contributed by atoms with van der Waals surface area (Å²) in [5, 5.41) is 0. The van der Waals surface area contributed by atoms with Gasteiger partial charge in [0.05, 0.1) is 25.0 Å². The van der Waals surface area contributed by atoms with Crippen LogP contribution in [0.5, 0.6) is 11.5 Å². The molecular weight excluding hydrogens is 555 g/mol. The average Bonchev–Trinajstić information content (AvgIpc) is 3.65. The van der Waals surface area contributed by atoms with Crippen molar-refractivity contribution in [3.8, 4) is 22.6 Å². The number of fused-ring (bicyclic) bond motifs is 2. The van der Waals surface area contributed by atoms with Gasteiger partial charge in [0.2, 0.25) is 0 Å². The smallest absolute Gasteiger partial charge is 0.195 e. The average molecular weight is 593 g/mol. The Labute approximate surface area is 246 Å². The van der Waals surface area contributed by atoms with Crippen molar-refractivity contribution < 1.29 is 26.7 Å². The van der Waals surface area contributed by atoms with Crippen LogP contribution in [0.25, 0.3) is 22.2 Å². The molecule has 1 aliphatic carbocycles. The van der Waals surface area contributed by atoms with E-state index in [1.165, 1.54) is 18.4 Å². The Bertz CT molecular complexity index is 1680. The number of rotatable bonds is 10. The van der Waals surface area contributed by atoms with E-state index in [0.717, 1.165) is 83.9 Å². The highest BCUT2D eigenvalue weighted by Crippen LogP contribution is 2.45. The van der Waals surface area contributed by atoms with Crippen LogP contribution < -0.4 is 9.47 Å². The molecule has 1 aromatic heterocycles. The Balaban J connectivity index is 1.17. The molecule has 3 atom stereocenters. The molecule has 2 heterocycles. The van der Waals surface area contributed by atoms with E-state index in [4.69, 9.17) is 18.9 Å². The van der Waals surface area contributed by atoms with E-state index < -0.39 is 9.84 Å². The molecule has 42 heavy (non-hydrogen) atoms. The van der Waals surface area contributed by atoms with Gasteiger partial charge < -0.3 is 13.9 Å². The van der Waals surface area contributed by atoms with Crippen molar-refractivity contribution >= 4 is 20.9 Å². The minimum Gasteiger partial charge on any atom is -0.496 e. The Morgan fingerprint density at radius 2 is 1.81 bits per heavy atom. The lowest BCUT2D eigenvalue weighted by molar-refractivity contribution is 0.225. The Morgan fingerprint density at radius 1 is 1.02 bits per heavy atom. The lowest BCUT2D eigenvalue weighted by Gasteiger charge is -2.25. The van der Waals surface area contributed by atoms with E-state index >= 15 is 0 Å². The van der Waals surface area contributed by atoms with E-state index in [2.05, 4.69) is 17.0 Å². The van der Waals surface area contributed by atoms with Crippen molar-refractivity contribution in [2.75, 3.05) is 26.5 Å². The van der Waals surface area contributed by atoms with Crippen molar-refractivity contribution in [1.82, 2.24) is 9.88 Å². The largest absolute Gasteiger partial charge is 0.496 e. The van der Waals surface area contributed by atoms with Gasteiger partial charge in [-0.25, -0.2) is 17.8 Å². The number of oxazole rings is 1. The minimum absolute atomic E-state index is 0.000247. The molecule has 1 unspecified atom stereocenters. The first kappa shape index (κ1) is 28.7. The molecule has 222 valence electrons. The predicted octanol–water partition coefficient (Wildman–Crippen LogP) is 6.43. The van der Waals surface area contributed by atoms with Gasteiger partial charge >= 0.3 is 0 Å². The highest BCUT2D eigenvalue weighted by atomic mass is 32.2. The summed E-state index contributed by atoms with van der Waals surface area (Å²) in [4.78, 5) is 7.31. The molecule has 1 saturated carbocycles. The van der Waals surface area contributed by atoms with Crippen LogP contribution in [0.15, 0.2) is 59.0 Å². The van der Waals surface area contributed by atoms with Gasteiger partial charge in [-0.15, -0.1) is 0 Å². The van der Waals surface area contributed by atoms with Crippen molar-refractivity contribution in [3.05, 3.63) is 77.4 Å². The van der Waals surface area contributed by atoms with Crippen LogP contribution in [-0.2, 0) is 28.6 Å². The summed E-state index contributed by atoms with van der Waals surface area (Å²) in [6.07, 6.45) is 5.43. The second-order valence-electron chi connectivity index (χ2n) is 11.6. The van der Waals surface area contributed by atoms with Gasteiger partial charge in [0.25, 0.3) is 0 Å². The maximum Gasteiger partial charge on any atom is 0.195 e. The normalized spacial score (nSPS) is 20.7. The van der Waals surface area contributed by atoms with Crippen molar-refractivity contribution in [1.29, 1.82) is 0 Å². The highest BCUT2D eigenvalue weighted by Gasteiger charge is 2.44. The number of nitrogens with zero attached hydrogens (tertiary/aromatic N) is 2. The zero-order chi connectivity index (χ0) is 29.4. The molecule has 1 aliphatic heterocycles. The quantitative estimate of drug-likeness (QED) is 0.210. The van der Waals surface area contributed by atoms with Crippen LogP contribution in [0, 0.1) is 17.7 Å². The molecule has 2 fully saturated rings. The van der Waals surface area contributed by atoms with Gasteiger partial charge in [0.15, 0.2) is 21.3 Å².